The highest BCUT2D eigenvalue weighted by Crippen LogP contribution is 2.32. The van der Waals surface area contributed by atoms with Crippen LogP contribution >= 0.6 is 22.7 Å². The Hall–Kier alpha value is -2.58. The van der Waals surface area contributed by atoms with Gasteiger partial charge in [-0.2, -0.15) is 0 Å². The van der Waals surface area contributed by atoms with Gasteiger partial charge in [0.05, 0.1) is 32.9 Å². The smallest absolute Gasteiger partial charge is 0.259 e. The van der Waals surface area contributed by atoms with Crippen LogP contribution in [0.3, 0.4) is 0 Å². The summed E-state index contributed by atoms with van der Waals surface area (Å²) in [4.78, 5) is 24.5. The lowest BCUT2D eigenvalue weighted by atomic mass is 10.0. The van der Waals surface area contributed by atoms with Crippen LogP contribution in [0.15, 0.2) is 28.1 Å². The van der Waals surface area contributed by atoms with E-state index in [-0.39, 0.29) is 5.91 Å². The highest BCUT2D eigenvalue weighted by molar-refractivity contribution is 7.16. The zero-order chi connectivity index (χ0) is 18.4. The maximum absolute atomic E-state index is 13.1. The number of amides is 1. The Morgan fingerprint density at radius 3 is 2.96 bits per heavy atom. The Morgan fingerprint density at radius 2 is 2.15 bits per heavy atom. The number of pyridine rings is 1. The number of carbonyl (C=O) groups is 1. The molecule has 0 fully saturated rings. The molecule has 1 amide bonds. The second-order valence-electron chi connectivity index (χ2n) is 6.53. The molecule has 0 spiro atoms. The number of nitrogens with zero attached hydrogens (tertiary/aromatic N) is 3. The minimum absolute atomic E-state index is 0.211. The molecule has 0 bridgehead atoms. The molecule has 136 valence electrons. The van der Waals surface area contributed by atoms with Crippen molar-refractivity contribution in [1.29, 1.82) is 0 Å². The number of aromatic nitrogens is 3. The standard InChI is InChI=1S/C19H16N4O2S2/c1-10-16-11(9-13(14-7-4-8-26-14)20-18(16)25-23-10)17(24)22-19-21-12-5-2-3-6-15(12)27-19/h4,7-9H,2-3,5-6H2,1H3,(H,21,22,24). The number of nitrogens with one attached hydrogen (secondary N) is 1. The van der Waals surface area contributed by atoms with E-state index in [4.69, 9.17) is 4.52 Å². The predicted octanol–water partition coefficient (Wildman–Crippen LogP) is 4.85. The summed E-state index contributed by atoms with van der Waals surface area (Å²) < 4.78 is 5.35. The number of rotatable bonds is 3. The van der Waals surface area contributed by atoms with Crippen molar-refractivity contribution in [1.82, 2.24) is 15.1 Å². The van der Waals surface area contributed by atoms with E-state index < -0.39 is 0 Å². The molecule has 0 saturated heterocycles. The number of thiazole rings is 1. The first kappa shape index (κ1) is 16.6. The van der Waals surface area contributed by atoms with E-state index in [0.717, 1.165) is 23.4 Å². The number of hydrogen-bond acceptors (Lipinski definition) is 7. The second-order valence-corrected chi connectivity index (χ2v) is 8.56. The van der Waals surface area contributed by atoms with Crippen LogP contribution in [0, 0.1) is 6.92 Å². The maximum Gasteiger partial charge on any atom is 0.259 e. The Kier molecular flexibility index (Phi) is 4.02. The Balaban J connectivity index is 1.55. The van der Waals surface area contributed by atoms with E-state index in [1.165, 1.54) is 17.7 Å². The molecule has 27 heavy (non-hydrogen) atoms. The monoisotopic (exact) mass is 396 g/mol. The van der Waals surface area contributed by atoms with Gasteiger partial charge in [0.2, 0.25) is 0 Å². The summed E-state index contributed by atoms with van der Waals surface area (Å²) in [7, 11) is 0. The number of hydrogen-bond donors (Lipinski definition) is 1. The first-order valence-electron chi connectivity index (χ1n) is 8.80. The van der Waals surface area contributed by atoms with Crippen LogP contribution in [0.1, 0.15) is 39.5 Å². The van der Waals surface area contributed by atoms with Crippen molar-refractivity contribution < 1.29 is 9.32 Å². The molecule has 8 heteroatoms. The normalized spacial score (nSPS) is 13.7. The number of aryl methyl sites for hydroxylation is 3. The van der Waals surface area contributed by atoms with Crippen LogP contribution in [-0.4, -0.2) is 21.0 Å². The summed E-state index contributed by atoms with van der Waals surface area (Å²) in [6.45, 7) is 1.82. The summed E-state index contributed by atoms with van der Waals surface area (Å²) in [5.41, 5.74) is 3.37. The van der Waals surface area contributed by atoms with Gasteiger partial charge in [-0.05, 0) is 50.1 Å². The summed E-state index contributed by atoms with van der Waals surface area (Å²) in [5.74, 6) is -0.211. The zero-order valence-electron chi connectivity index (χ0n) is 14.6. The van der Waals surface area contributed by atoms with E-state index in [2.05, 4.69) is 20.4 Å². The topological polar surface area (TPSA) is 80.9 Å². The summed E-state index contributed by atoms with van der Waals surface area (Å²) in [5, 5.41) is 10.2. The van der Waals surface area contributed by atoms with Crippen LogP contribution in [0.25, 0.3) is 21.7 Å². The molecule has 0 atom stereocenters. The molecule has 0 aliphatic heterocycles. The van der Waals surface area contributed by atoms with E-state index in [0.29, 0.717) is 33.2 Å². The molecule has 0 saturated carbocycles. The maximum atomic E-state index is 13.1. The summed E-state index contributed by atoms with van der Waals surface area (Å²) in [6, 6.07) is 5.73. The quantitative estimate of drug-likeness (QED) is 0.535. The van der Waals surface area contributed by atoms with Gasteiger partial charge in [-0.25, -0.2) is 9.97 Å². The van der Waals surface area contributed by atoms with Crippen molar-refractivity contribution >= 4 is 44.8 Å². The highest BCUT2D eigenvalue weighted by atomic mass is 32.1. The third-order valence-electron chi connectivity index (χ3n) is 4.70. The third kappa shape index (κ3) is 2.94. The van der Waals surface area contributed by atoms with Gasteiger partial charge in [0.25, 0.3) is 11.6 Å². The minimum atomic E-state index is -0.211. The fourth-order valence-corrected chi connectivity index (χ4v) is 5.13. The second kappa shape index (κ2) is 6.54. The van der Waals surface area contributed by atoms with Crippen LogP contribution in [0.5, 0.6) is 0 Å². The van der Waals surface area contributed by atoms with Crippen molar-refractivity contribution in [2.24, 2.45) is 0 Å². The van der Waals surface area contributed by atoms with Crippen molar-refractivity contribution in [3.05, 3.63) is 45.4 Å². The van der Waals surface area contributed by atoms with Crippen molar-refractivity contribution in [3.8, 4) is 10.6 Å². The van der Waals surface area contributed by atoms with E-state index in [9.17, 15) is 4.79 Å². The first-order valence-corrected chi connectivity index (χ1v) is 10.5. The van der Waals surface area contributed by atoms with E-state index in [1.54, 1.807) is 28.7 Å². The van der Waals surface area contributed by atoms with Gasteiger partial charge in [0, 0.05) is 4.88 Å². The molecule has 4 aromatic rings. The number of thiophene rings is 1. The molecule has 6 nitrogen and oxygen atoms in total. The van der Waals surface area contributed by atoms with Gasteiger partial charge < -0.3 is 4.52 Å². The lowest BCUT2D eigenvalue weighted by molar-refractivity contribution is 0.102. The largest absolute Gasteiger partial charge is 0.335 e. The minimum Gasteiger partial charge on any atom is -0.335 e. The molecule has 1 aliphatic carbocycles. The average Bonchev–Trinajstić information content (AvgIpc) is 3.40. The predicted molar refractivity (Wildman–Crippen MR) is 107 cm³/mol. The summed E-state index contributed by atoms with van der Waals surface area (Å²) >= 11 is 3.14. The van der Waals surface area contributed by atoms with Gasteiger partial charge >= 0.3 is 0 Å². The fourth-order valence-electron chi connectivity index (χ4n) is 3.39. The first-order chi connectivity index (χ1) is 13.2. The molecule has 1 N–H and O–H groups in total. The average molecular weight is 396 g/mol. The van der Waals surface area contributed by atoms with Gasteiger partial charge in [-0.3, -0.25) is 10.1 Å². The molecular formula is C19H16N4O2S2. The van der Waals surface area contributed by atoms with Crippen molar-refractivity contribution in [3.63, 3.8) is 0 Å². The van der Waals surface area contributed by atoms with E-state index >= 15 is 0 Å². The van der Waals surface area contributed by atoms with Gasteiger partial charge in [0.1, 0.15) is 0 Å². The molecular weight excluding hydrogens is 380 g/mol. The fraction of sp³-hybridized carbons (Fsp3) is 0.263. The van der Waals surface area contributed by atoms with Crippen molar-refractivity contribution in [2.75, 3.05) is 5.32 Å². The molecule has 4 aromatic heterocycles. The molecule has 4 heterocycles. The third-order valence-corrected chi connectivity index (χ3v) is 6.67. The molecule has 5 rings (SSSR count). The number of carbonyl (C=O) groups excluding carboxylic acids is 1. The Bertz CT molecular complexity index is 1120. The van der Waals surface area contributed by atoms with Gasteiger partial charge in [0.15, 0.2) is 5.13 Å². The Morgan fingerprint density at radius 1 is 1.26 bits per heavy atom. The summed E-state index contributed by atoms with van der Waals surface area (Å²) in [6.07, 6.45) is 4.40. The van der Waals surface area contributed by atoms with Crippen LogP contribution in [-0.2, 0) is 12.8 Å². The lowest BCUT2D eigenvalue weighted by Crippen LogP contribution is -2.13. The van der Waals surface area contributed by atoms with Gasteiger partial charge in [-0.15, -0.1) is 22.7 Å². The lowest BCUT2D eigenvalue weighted by Gasteiger charge is -2.06. The molecule has 0 unspecified atom stereocenters. The SMILES string of the molecule is Cc1noc2nc(-c3cccs3)cc(C(=O)Nc3nc4c(s3)CCCC4)c12. The van der Waals surface area contributed by atoms with Crippen LogP contribution < -0.4 is 5.32 Å². The van der Waals surface area contributed by atoms with E-state index in [1.807, 2.05) is 24.4 Å². The van der Waals surface area contributed by atoms with Crippen molar-refractivity contribution in [2.45, 2.75) is 32.6 Å². The zero-order valence-corrected chi connectivity index (χ0v) is 16.2. The Labute approximate surface area is 163 Å². The molecule has 1 aliphatic rings. The highest BCUT2D eigenvalue weighted by Gasteiger charge is 2.22. The molecule has 0 radical (unpaired) electrons. The number of anilines is 1. The number of fused-ring (bicyclic) bond motifs is 2. The van der Waals surface area contributed by atoms with Crippen LogP contribution in [0.4, 0.5) is 5.13 Å². The van der Waals surface area contributed by atoms with Gasteiger partial charge in [-0.1, -0.05) is 11.2 Å². The molecule has 0 aromatic carbocycles. The van der Waals surface area contributed by atoms with Crippen LogP contribution in [0.2, 0.25) is 0 Å².